The molecular formula is C15H12O3S. The molecule has 0 saturated heterocycles. The molecule has 2 N–H and O–H groups in total. The summed E-state index contributed by atoms with van der Waals surface area (Å²) in [5.41, 5.74) is 0.884. The molecule has 1 aliphatic rings. The second-order valence-corrected chi connectivity index (χ2v) is 5.60. The number of hydrogen-bond donors (Lipinski definition) is 2. The predicted molar refractivity (Wildman–Crippen MR) is 73.0 cm³/mol. The first-order valence-electron chi connectivity index (χ1n) is 5.91. The number of thioether (sulfide) groups is 1. The highest BCUT2D eigenvalue weighted by Crippen LogP contribution is 2.47. The largest absolute Gasteiger partial charge is 0.361 e. The molecule has 0 fully saturated rings. The minimum absolute atomic E-state index is 0.271. The maximum atomic E-state index is 12.4. The van der Waals surface area contributed by atoms with E-state index in [1.165, 1.54) is 11.8 Å². The average Bonchev–Trinajstić information content (AvgIpc) is 2.71. The summed E-state index contributed by atoms with van der Waals surface area (Å²) in [4.78, 5) is 13.1. The molecule has 0 aliphatic carbocycles. The van der Waals surface area contributed by atoms with Crippen molar-refractivity contribution >= 4 is 17.5 Å². The summed E-state index contributed by atoms with van der Waals surface area (Å²) in [5, 5.41) is 19.6. The van der Waals surface area contributed by atoms with Crippen molar-refractivity contribution in [2.75, 3.05) is 0 Å². The SMILES string of the molecule is O=C(c1ccccc1)C1Sc2ccccc2C1(O)O. The lowest BCUT2D eigenvalue weighted by Gasteiger charge is -2.22. The first kappa shape index (κ1) is 12.4. The molecule has 1 unspecified atom stereocenters. The maximum Gasteiger partial charge on any atom is 0.211 e. The van der Waals surface area contributed by atoms with Crippen molar-refractivity contribution in [3.05, 3.63) is 65.7 Å². The number of fused-ring (bicyclic) bond motifs is 1. The Kier molecular flexibility index (Phi) is 2.93. The first-order valence-corrected chi connectivity index (χ1v) is 6.79. The lowest BCUT2D eigenvalue weighted by molar-refractivity contribution is -0.159. The van der Waals surface area contributed by atoms with Gasteiger partial charge >= 0.3 is 0 Å². The minimum atomic E-state index is -2.12. The van der Waals surface area contributed by atoms with Crippen LogP contribution in [-0.2, 0) is 5.79 Å². The lowest BCUT2D eigenvalue weighted by Crippen LogP contribution is -2.39. The van der Waals surface area contributed by atoms with Crippen LogP contribution in [-0.4, -0.2) is 21.2 Å². The van der Waals surface area contributed by atoms with Crippen LogP contribution in [0.3, 0.4) is 0 Å². The molecule has 3 rings (SSSR count). The van der Waals surface area contributed by atoms with Gasteiger partial charge in [-0.3, -0.25) is 4.79 Å². The Morgan fingerprint density at radius 3 is 2.32 bits per heavy atom. The molecule has 2 aromatic rings. The van der Waals surface area contributed by atoms with Crippen molar-refractivity contribution in [3.8, 4) is 0 Å². The number of ketones is 1. The number of benzene rings is 2. The van der Waals surface area contributed by atoms with Crippen LogP contribution in [0.5, 0.6) is 0 Å². The van der Waals surface area contributed by atoms with Crippen LogP contribution in [0.15, 0.2) is 59.5 Å². The van der Waals surface area contributed by atoms with Gasteiger partial charge in [-0.25, -0.2) is 0 Å². The van der Waals surface area contributed by atoms with Gasteiger partial charge in [0.05, 0.1) is 0 Å². The van der Waals surface area contributed by atoms with Crippen LogP contribution in [0.2, 0.25) is 0 Å². The van der Waals surface area contributed by atoms with E-state index in [9.17, 15) is 15.0 Å². The van der Waals surface area contributed by atoms with Gasteiger partial charge in [-0.1, -0.05) is 48.5 Å². The molecule has 0 amide bonds. The summed E-state index contributed by atoms with van der Waals surface area (Å²) in [6.07, 6.45) is 0. The first-order chi connectivity index (χ1) is 9.10. The number of Topliss-reactive ketones (excluding diaryl/α,β-unsaturated/α-hetero) is 1. The van der Waals surface area contributed by atoms with Crippen molar-refractivity contribution in [3.63, 3.8) is 0 Å². The number of carbonyl (C=O) groups is 1. The van der Waals surface area contributed by atoms with Gasteiger partial charge in [-0.05, 0) is 6.07 Å². The van der Waals surface area contributed by atoms with Crippen LogP contribution in [0, 0.1) is 0 Å². The molecule has 2 aromatic carbocycles. The third-order valence-electron chi connectivity index (χ3n) is 3.19. The fourth-order valence-electron chi connectivity index (χ4n) is 2.21. The number of rotatable bonds is 2. The van der Waals surface area contributed by atoms with E-state index in [2.05, 4.69) is 0 Å². The van der Waals surface area contributed by atoms with Gasteiger partial charge in [0.15, 0.2) is 5.78 Å². The molecule has 1 heterocycles. The van der Waals surface area contributed by atoms with Crippen LogP contribution in [0.1, 0.15) is 15.9 Å². The van der Waals surface area contributed by atoms with E-state index in [1.54, 1.807) is 42.5 Å². The third kappa shape index (κ3) is 1.98. The summed E-state index contributed by atoms with van der Waals surface area (Å²) in [5.74, 6) is -2.39. The molecule has 0 spiro atoms. The molecule has 0 saturated carbocycles. The highest BCUT2D eigenvalue weighted by molar-refractivity contribution is 8.01. The summed E-state index contributed by atoms with van der Waals surface area (Å²) in [7, 11) is 0. The van der Waals surface area contributed by atoms with Gasteiger partial charge in [-0.2, -0.15) is 0 Å². The molecule has 1 atom stereocenters. The van der Waals surface area contributed by atoms with Crippen LogP contribution in [0.4, 0.5) is 0 Å². The average molecular weight is 272 g/mol. The van der Waals surface area contributed by atoms with Crippen molar-refractivity contribution in [2.24, 2.45) is 0 Å². The molecule has 4 heteroatoms. The highest BCUT2D eigenvalue weighted by Gasteiger charge is 2.48. The summed E-state index contributed by atoms with van der Waals surface area (Å²) in [6.45, 7) is 0. The number of carbonyl (C=O) groups excluding carboxylic acids is 1. The Bertz CT molecular complexity index is 622. The van der Waals surface area contributed by atoms with Crippen molar-refractivity contribution in [1.29, 1.82) is 0 Å². The minimum Gasteiger partial charge on any atom is -0.361 e. The van der Waals surface area contributed by atoms with Gasteiger partial charge in [0.1, 0.15) is 5.25 Å². The Morgan fingerprint density at radius 1 is 1.00 bits per heavy atom. The van der Waals surface area contributed by atoms with E-state index < -0.39 is 11.0 Å². The van der Waals surface area contributed by atoms with Crippen LogP contribution < -0.4 is 0 Å². The molecule has 0 aromatic heterocycles. The zero-order chi connectivity index (χ0) is 13.5. The standard InChI is InChI=1S/C15H12O3S/c16-13(10-6-2-1-3-7-10)14-15(17,18)11-8-4-5-9-12(11)19-14/h1-9,14,17-18H. The van der Waals surface area contributed by atoms with E-state index in [-0.39, 0.29) is 5.78 Å². The molecule has 3 nitrogen and oxygen atoms in total. The van der Waals surface area contributed by atoms with E-state index in [0.717, 1.165) is 4.90 Å². The Labute approximate surface area is 114 Å². The zero-order valence-corrected chi connectivity index (χ0v) is 10.8. The molecule has 96 valence electrons. The predicted octanol–water partition coefficient (Wildman–Crippen LogP) is 2.18. The Balaban J connectivity index is 1.99. The van der Waals surface area contributed by atoms with E-state index in [1.807, 2.05) is 12.1 Å². The normalized spacial score (nSPS) is 20.0. The summed E-state index contributed by atoms with van der Waals surface area (Å²) < 4.78 is 0. The van der Waals surface area contributed by atoms with E-state index in [4.69, 9.17) is 0 Å². The molecule has 19 heavy (non-hydrogen) atoms. The summed E-state index contributed by atoms with van der Waals surface area (Å²) in [6, 6.07) is 15.7. The third-order valence-corrected chi connectivity index (χ3v) is 4.58. The Hall–Kier alpha value is -1.62. The lowest BCUT2D eigenvalue weighted by atomic mass is 9.97. The van der Waals surface area contributed by atoms with Crippen molar-refractivity contribution in [1.82, 2.24) is 0 Å². The number of hydrogen-bond acceptors (Lipinski definition) is 4. The zero-order valence-electron chi connectivity index (χ0n) is 9.98. The van der Waals surface area contributed by atoms with Gasteiger partial charge in [0, 0.05) is 16.0 Å². The second-order valence-electron chi connectivity index (χ2n) is 4.45. The monoisotopic (exact) mass is 272 g/mol. The maximum absolute atomic E-state index is 12.4. The van der Waals surface area contributed by atoms with Crippen LogP contribution >= 0.6 is 11.8 Å². The van der Waals surface area contributed by atoms with Gasteiger partial charge in [0.25, 0.3) is 0 Å². The van der Waals surface area contributed by atoms with E-state index >= 15 is 0 Å². The van der Waals surface area contributed by atoms with Crippen LogP contribution in [0.25, 0.3) is 0 Å². The van der Waals surface area contributed by atoms with Crippen molar-refractivity contribution in [2.45, 2.75) is 15.9 Å². The molecule has 0 radical (unpaired) electrons. The molecule has 0 bridgehead atoms. The fourth-order valence-corrected chi connectivity index (χ4v) is 3.50. The van der Waals surface area contributed by atoms with Gasteiger partial charge < -0.3 is 10.2 Å². The number of aliphatic hydroxyl groups is 2. The Morgan fingerprint density at radius 2 is 1.63 bits per heavy atom. The van der Waals surface area contributed by atoms with Gasteiger partial charge in [-0.15, -0.1) is 11.8 Å². The second kappa shape index (κ2) is 4.49. The quantitative estimate of drug-likeness (QED) is 0.650. The van der Waals surface area contributed by atoms with Gasteiger partial charge in [0.2, 0.25) is 5.79 Å². The summed E-state index contributed by atoms with van der Waals surface area (Å²) >= 11 is 1.20. The fraction of sp³-hybridized carbons (Fsp3) is 0.133. The highest BCUT2D eigenvalue weighted by atomic mass is 32.2. The molecular weight excluding hydrogens is 260 g/mol. The van der Waals surface area contributed by atoms with E-state index in [0.29, 0.717) is 11.1 Å². The van der Waals surface area contributed by atoms with Crippen molar-refractivity contribution < 1.29 is 15.0 Å². The molecule has 1 aliphatic heterocycles. The smallest absolute Gasteiger partial charge is 0.211 e. The topological polar surface area (TPSA) is 57.5 Å².